The Balaban J connectivity index is 1.52. The number of likely N-dealkylation sites (tertiary alicyclic amines) is 1. The van der Waals surface area contributed by atoms with Crippen molar-refractivity contribution in [2.75, 3.05) is 18.4 Å². The summed E-state index contributed by atoms with van der Waals surface area (Å²) in [5.74, 6) is 0.433. The zero-order chi connectivity index (χ0) is 19.5. The first-order valence-corrected chi connectivity index (χ1v) is 10.4. The fraction of sp³-hybridized carbons (Fsp3) is 0.417. The van der Waals surface area contributed by atoms with Gasteiger partial charge in [-0.05, 0) is 48.9 Å². The Hall–Kier alpha value is -2.62. The van der Waals surface area contributed by atoms with Crippen LogP contribution in [0.25, 0.3) is 0 Å². The number of hydrogen-bond donors (Lipinski definition) is 1. The third-order valence-electron chi connectivity index (χ3n) is 5.96. The molecule has 0 radical (unpaired) electrons. The SMILES string of the molecule is CCc1ccc(C2CC(C(=O)Nc3ccccc3)CN(C(=O)C3CC3)C2)cc1. The zero-order valence-corrected chi connectivity index (χ0v) is 16.4. The summed E-state index contributed by atoms with van der Waals surface area (Å²) in [7, 11) is 0. The number of aryl methyl sites for hydroxylation is 1. The summed E-state index contributed by atoms with van der Waals surface area (Å²) in [5.41, 5.74) is 3.34. The van der Waals surface area contributed by atoms with Gasteiger partial charge in [-0.3, -0.25) is 9.59 Å². The van der Waals surface area contributed by atoms with Crippen molar-refractivity contribution in [3.8, 4) is 0 Å². The van der Waals surface area contributed by atoms with Crippen LogP contribution in [-0.4, -0.2) is 29.8 Å². The molecule has 1 aliphatic carbocycles. The molecule has 1 saturated heterocycles. The van der Waals surface area contributed by atoms with E-state index < -0.39 is 0 Å². The molecule has 28 heavy (non-hydrogen) atoms. The highest BCUT2D eigenvalue weighted by atomic mass is 16.2. The van der Waals surface area contributed by atoms with Crippen LogP contribution in [0.3, 0.4) is 0 Å². The summed E-state index contributed by atoms with van der Waals surface area (Å²) in [6.07, 6.45) is 3.77. The predicted octanol–water partition coefficient (Wildman–Crippen LogP) is 4.23. The number of nitrogens with one attached hydrogen (secondary N) is 1. The average molecular weight is 377 g/mol. The number of piperidine rings is 1. The first-order chi connectivity index (χ1) is 13.6. The number of rotatable bonds is 5. The van der Waals surface area contributed by atoms with Crippen LogP contribution in [0.2, 0.25) is 0 Å². The second-order valence-electron chi connectivity index (χ2n) is 8.10. The van der Waals surface area contributed by atoms with Crippen molar-refractivity contribution in [3.63, 3.8) is 0 Å². The van der Waals surface area contributed by atoms with Gasteiger partial charge in [0.1, 0.15) is 0 Å². The smallest absolute Gasteiger partial charge is 0.229 e. The van der Waals surface area contributed by atoms with E-state index in [-0.39, 0.29) is 29.6 Å². The largest absolute Gasteiger partial charge is 0.341 e. The maximum atomic E-state index is 12.9. The molecule has 2 unspecified atom stereocenters. The second-order valence-corrected chi connectivity index (χ2v) is 8.10. The van der Waals surface area contributed by atoms with Crippen LogP contribution in [-0.2, 0) is 16.0 Å². The van der Waals surface area contributed by atoms with Crippen molar-refractivity contribution in [1.82, 2.24) is 4.90 Å². The molecule has 0 bridgehead atoms. The van der Waals surface area contributed by atoms with Gasteiger partial charge < -0.3 is 10.2 Å². The molecule has 2 aliphatic rings. The van der Waals surface area contributed by atoms with Crippen LogP contribution in [0.15, 0.2) is 54.6 Å². The average Bonchev–Trinajstić information content (AvgIpc) is 3.59. The fourth-order valence-electron chi connectivity index (χ4n) is 4.09. The lowest BCUT2D eigenvalue weighted by molar-refractivity contribution is -0.136. The third kappa shape index (κ3) is 4.27. The Morgan fingerprint density at radius 3 is 2.32 bits per heavy atom. The van der Waals surface area contributed by atoms with E-state index in [1.165, 1.54) is 11.1 Å². The lowest BCUT2D eigenvalue weighted by Crippen LogP contribution is -2.47. The van der Waals surface area contributed by atoms with Gasteiger partial charge in [0.2, 0.25) is 11.8 Å². The number of carbonyl (C=O) groups excluding carboxylic acids is 2. The van der Waals surface area contributed by atoms with Gasteiger partial charge in [0.15, 0.2) is 0 Å². The highest BCUT2D eigenvalue weighted by Crippen LogP contribution is 2.36. The number of hydrogen-bond acceptors (Lipinski definition) is 2. The maximum absolute atomic E-state index is 12.9. The Morgan fingerprint density at radius 1 is 0.964 bits per heavy atom. The van der Waals surface area contributed by atoms with Crippen molar-refractivity contribution >= 4 is 17.5 Å². The fourth-order valence-corrected chi connectivity index (χ4v) is 4.09. The Labute approximate surface area is 166 Å². The summed E-state index contributed by atoms with van der Waals surface area (Å²) >= 11 is 0. The zero-order valence-electron chi connectivity index (χ0n) is 16.4. The van der Waals surface area contributed by atoms with E-state index in [1.807, 2.05) is 35.2 Å². The third-order valence-corrected chi connectivity index (χ3v) is 5.96. The van der Waals surface area contributed by atoms with Crippen molar-refractivity contribution < 1.29 is 9.59 Å². The number of para-hydroxylation sites is 1. The van der Waals surface area contributed by atoms with Gasteiger partial charge >= 0.3 is 0 Å². The summed E-state index contributed by atoms with van der Waals surface area (Å²) in [4.78, 5) is 27.6. The van der Waals surface area contributed by atoms with E-state index in [1.54, 1.807) is 0 Å². The molecule has 4 heteroatoms. The molecule has 1 heterocycles. The molecule has 4 rings (SSSR count). The summed E-state index contributed by atoms with van der Waals surface area (Å²) in [5, 5.41) is 3.03. The first-order valence-electron chi connectivity index (χ1n) is 10.4. The van der Waals surface area contributed by atoms with Gasteiger partial charge in [0.05, 0.1) is 5.92 Å². The van der Waals surface area contributed by atoms with Gasteiger partial charge in [-0.1, -0.05) is 49.4 Å². The molecule has 1 N–H and O–H groups in total. The van der Waals surface area contributed by atoms with Crippen molar-refractivity contribution in [3.05, 3.63) is 65.7 Å². The van der Waals surface area contributed by atoms with E-state index in [4.69, 9.17) is 0 Å². The van der Waals surface area contributed by atoms with E-state index in [9.17, 15) is 9.59 Å². The summed E-state index contributed by atoms with van der Waals surface area (Å²) < 4.78 is 0. The lowest BCUT2D eigenvalue weighted by atomic mass is 9.83. The number of nitrogens with zero attached hydrogens (tertiary/aromatic N) is 1. The highest BCUT2D eigenvalue weighted by molar-refractivity contribution is 5.93. The molecule has 2 aromatic rings. The molecule has 2 aromatic carbocycles. The molecule has 1 saturated carbocycles. The molecular weight excluding hydrogens is 348 g/mol. The monoisotopic (exact) mass is 376 g/mol. The summed E-state index contributed by atoms with van der Waals surface area (Å²) in [6, 6.07) is 18.2. The molecule has 2 amide bonds. The van der Waals surface area contributed by atoms with Crippen molar-refractivity contribution in [2.24, 2.45) is 11.8 Å². The van der Waals surface area contributed by atoms with E-state index in [0.717, 1.165) is 37.9 Å². The molecular formula is C24H28N2O2. The quantitative estimate of drug-likeness (QED) is 0.849. The lowest BCUT2D eigenvalue weighted by Gasteiger charge is -2.37. The standard InChI is InChI=1S/C24H28N2O2/c1-2-17-8-10-18(11-9-17)20-14-21(16-26(15-20)24(28)19-12-13-19)23(27)25-22-6-4-3-5-7-22/h3-11,19-21H,2,12-16H2,1H3,(H,25,27). The second kappa shape index (κ2) is 8.17. The Bertz CT molecular complexity index is 827. The minimum Gasteiger partial charge on any atom is -0.341 e. The van der Waals surface area contributed by atoms with Crippen LogP contribution in [0.5, 0.6) is 0 Å². The molecule has 0 spiro atoms. The van der Waals surface area contributed by atoms with Gasteiger partial charge in [-0.2, -0.15) is 0 Å². The molecule has 0 aromatic heterocycles. The normalized spacial score (nSPS) is 22.0. The first kappa shape index (κ1) is 18.7. The number of amides is 2. The number of anilines is 1. The Kier molecular flexibility index (Phi) is 5.47. The number of carbonyl (C=O) groups is 2. The minimum absolute atomic E-state index is 0.00896. The Morgan fingerprint density at radius 2 is 1.68 bits per heavy atom. The molecule has 146 valence electrons. The van der Waals surface area contributed by atoms with Crippen LogP contribution >= 0.6 is 0 Å². The van der Waals surface area contributed by atoms with Gasteiger partial charge in [0.25, 0.3) is 0 Å². The van der Waals surface area contributed by atoms with Crippen molar-refractivity contribution in [1.29, 1.82) is 0 Å². The molecule has 1 aliphatic heterocycles. The number of benzene rings is 2. The van der Waals surface area contributed by atoms with Crippen LogP contribution in [0.4, 0.5) is 5.69 Å². The van der Waals surface area contributed by atoms with E-state index in [2.05, 4.69) is 36.5 Å². The van der Waals surface area contributed by atoms with E-state index in [0.29, 0.717) is 6.54 Å². The van der Waals surface area contributed by atoms with Gasteiger partial charge in [-0.15, -0.1) is 0 Å². The van der Waals surface area contributed by atoms with Gasteiger partial charge in [-0.25, -0.2) is 0 Å². The highest BCUT2D eigenvalue weighted by Gasteiger charge is 2.39. The van der Waals surface area contributed by atoms with Crippen molar-refractivity contribution in [2.45, 2.75) is 38.5 Å². The summed E-state index contributed by atoms with van der Waals surface area (Å²) in [6.45, 7) is 3.39. The maximum Gasteiger partial charge on any atom is 0.229 e. The topological polar surface area (TPSA) is 49.4 Å². The molecule has 4 nitrogen and oxygen atoms in total. The van der Waals surface area contributed by atoms with Crippen LogP contribution in [0, 0.1) is 11.8 Å². The van der Waals surface area contributed by atoms with Gasteiger partial charge in [0, 0.05) is 30.6 Å². The molecule has 2 atom stereocenters. The van der Waals surface area contributed by atoms with Crippen LogP contribution < -0.4 is 5.32 Å². The van der Waals surface area contributed by atoms with Crippen LogP contribution in [0.1, 0.15) is 43.2 Å². The predicted molar refractivity (Wildman–Crippen MR) is 111 cm³/mol. The van der Waals surface area contributed by atoms with E-state index >= 15 is 0 Å². The molecule has 2 fully saturated rings. The minimum atomic E-state index is -0.187.